The van der Waals surface area contributed by atoms with Crippen LogP contribution in [0, 0.1) is 11.3 Å². The molecular weight excluding hydrogens is 130 g/mol. The zero-order valence-corrected chi connectivity index (χ0v) is 7.03. The summed E-state index contributed by atoms with van der Waals surface area (Å²) >= 11 is 1.86. The second kappa shape index (κ2) is 4.69. The standard InChI is InChI=1S/C7H13NS/c1-6(2)9-7(3)4-5-8/h6-7H,4H2,1-3H3. The van der Waals surface area contributed by atoms with Gasteiger partial charge in [0.2, 0.25) is 0 Å². The SMILES string of the molecule is CC(C)SC(C)CC#N. The van der Waals surface area contributed by atoms with E-state index < -0.39 is 0 Å². The van der Waals surface area contributed by atoms with E-state index in [9.17, 15) is 0 Å². The fourth-order valence-electron chi connectivity index (χ4n) is 0.641. The Labute approximate surface area is 61.4 Å². The first-order valence-corrected chi connectivity index (χ1v) is 4.13. The predicted molar refractivity (Wildman–Crippen MR) is 42.4 cm³/mol. The average Bonchev–Trinajstić information content (AvgIpc) is 1.63. The highest BCUT2D eigenvalue weighted by Crippen LogP contribution is 2.18. The molecule has 0 saturated heterocycles. The number of rotatable bonds is 3. The molecule has 2 heteroatoms. The molecule has 0 bridgehead atoms. The minimum atomic E-state index is 0.495. The van der Waals surface area contributed by atoms with Crippen LogP contribution >= 0.6 is 11.8 Å². The van der Waals surface area contributed by atoms with E-state index in [0.717, 1.165) is 0 Å². The first kappa shape index (κ1) is 8.84. The van der Waals surface area contributed by atoms with Crippen molar-refractivity contribution in [2.75, 3.05) is 0 Å². The lowest BCUT2D eigenvalue weighted by molar-refractivity contribution is 0.970. The second-order valence-corrected chi connectivity index (χ2v) is 4.38. The highest BCUT2D eigenvalue weighted by atomic mass is 32.2. The van der Waals surface area contributed by atoms with Gasteiger partial charge in [-0.15, -0.1) is 0 Å². The van der Waals surface area contributed by atoms with Crippen LogP contribution in [0.5, 0.6) is 0 Å². The van der Waals surface area contributed by atoms with Gasteiger partial charge in [-0.1, -0.05) is 20.8 Å². The Morgan fingerprint density at radius 1 is 1.44 bits per heavy atom. The van der Waals surface area contributed by atoms with E-state index in [4.69, 9.17) is 5.26 Å². The number of hydrogen-bond donors (Lipinski definition) is 0. The summed E-state index contributed by atoms with van der Waals surface area (Å²) in [6.07, 6.45) is 0.669. The minimum absolute atomic E-state index is 0.495. The van der Waals surface area contributed by atoms with Crippen molar-refractivity contribution in [3.63, 3.8) is 0 Å². The van der Waals surface area contributed by atoms with E-state index in [2.05, 4.69) is 26.8 Å². The molecule has 0 saturated carbocycles. The molecule has 0 aliphatic rings. The molecule has 0 N–H and O–H groups in total. The normalized spacial score (nSPS) is 13.2. The molecule has 0 fully saturated rings. The van der Waals surface area contributed by atoms with Gasteiger partial charge in [-0.2, -0.15) is 17.0 Å². The molecule has 1 unspecified atom stereocenters. The maximum atomic E-state index is 8.29. The largest absolute Gasteiger partial charge is 0.198 e. The topological polar surface area (TPSA) is 23.8 Å². The van der Waals surface area contributed by atoms with Gasteiger partial charge in [0.15, 0.2) is 0 Å². The zero-order valence-electron chi connectivity index (χ0n) is 6.22. The molecule has 0 aromatic carbocycles. The maximum absolute atomic E-state index is 8.29. The maximum Gasteiger partial charge on any atom is 0.0633 e. The summed E-state index contributed by atoms with van der Waals surface area (Å²) in [6, 6.07) is 2.15. The predicted octanol–water partition coefficient (Wildman–Crippen LogP) is 2.43. The fourth-order valence-corrected chi connectivity index (χ4v) is 1.74. The van der Waals surface area contributed by atoms with Crippen LogP contribution in [0.15, 0.2) is 0 Å². The van der Waals surface area contributed by atoms with Gasteiger partial charge in [0.1, 0.15) is 0 Å². The highest BCUT2D eigenvalue weighted by Gasteiger charge is 2.02. The molecule has 1 atom stereocenters. The Bertz CT molecular complexity index is 104. The van der Waals surface area contributed by atoms with Crippen LogP contribution in [0.2, 0.25) is 0 Å². The van der Waals surface area contributed by atoms with Gasteiger partial charge < -0.3 is 0 Å². The molecule has 0 heterocycles. The van der Waals surface area contributed by atoms with Crippen LogP contribution in [-0.2, 0) is 0 Å². The molecule has 0 aromatic heterocycles. The van der Waals surface area contributed by atoms with Crippen molar-refractivity contribution in [1.82, 2.24) is 0 Å². The number of nitrogens with zero attached hydrogens (tertiary/aromatic N) is 1. The summed E-state index contributed by atoms with van der Waals surface area (Å²) in [6.45, 7) is 6.39. The smallest absolute Gasteiger partial charge is 0.0633 e. The van der Waals surface area contributed by atoms with Crippen LogP contribution in [0.25, 0.3) is 0 Å². The van der Waals surface area contributed by atoms with E-state index in [-0.39, 0.29) is 0 Å². The lowest BCUT2D eigenvalue weighted by Gasteiger charge is -2.08. The molecule has 0 spiro atoms. The van der Waals surface area contributed by atoms with Crippen molar-refractivity contribution < 1.29 is 0 Å². The number of nitriles is 1. The molecule has 0 radical (unpaired) electrons. The van der Waals surface area contributed by atoms with Crippen LogP contribution in [0.1, 0.15) is 27.2 Å². The minimum Gasteiger partial charge on any atom is -0.198 e. The summed E-state index contributed by atoms with van der Waals surface area (Å²) in [4.78, 5) is 0. The first-order valence-electron chi connectivity index (χ1n) is 3.19. The Hall–Kier alpha value is -0.160. The Kier molecular flexibility index (Phi) is 4.61. The Balaban J connectivity index is 3.29. The third-order valence-corrected chi connectivity index (χ3v) is 2.06. The van der Waals surface area contributed by atoms with Gasteiger partial charge in [0.05, 0.1) is 6.07 Å². The molecule has 1 nitrogen and oxygen atoms in total. The third kappa shape index (κ3) is 5.72. The van der Waals surface area contributed by atoms with Crippen molar-refractivity contribution in [3.05, 3.63) is 0 Å². The van der Waals surface area contributed by atoms with Crippen molar-refractivity contribution in [2.24, 2.45) is 0 Å². The van der Waals surface area contributed by atoms with Crippen LogP contribution < -0.4 is 0 Å². The van der Waals surface area contributed by atoms with E-state index in [1.807, 2.05) is 11.8 Å². The summed E-state index contributed by atoms with van der Waals surface area (Å²) in [7, 11) is 0. The quantitative estimate of drug-likeness (QED) is 0.606. The number of hydrogen-bond acceptors (Lipinski definition) is 2. The third-order valence-electron chi connectivity index (χ3n) is 0.883. The highest BCUT2D eigenvalue weighted by molar-refractivity contribution is 8.00. The second-order valence-electron chi connectivity index (χ2n) is 2.36. The molecule has 9 heavy (non-hydrogen) atoms. The van der Waals surface area contributed by atoms with Gasteiger partial charge in [-0.3, -0.25) is 0 Å². The fraction of sp³-hybridized carbons (Fsp3) is 0.857. The van der Waals surface area contributed by atoms with Crippen molar-refractivity contribution in [3.8, 4) is 6.07 Å². The Morgan fingerprint density at radius 3 is 2.33 bits per heavy atom. The summed E-state index contributed by atoms with van der Waals surface area (Å²) in [5, 5.41) is 9.43. The van der Waals surface area contributed by atoms with Crippen molar-refractivity contribution >= 4 is 11.8 Å². The van der Waals surface area contributed by atoms with Crippen molar-refractivity contribution in [1.29, 1.82) is 5.26 Å². The lowest BCUT2D eigenvalue weighted by Crippen LogP contribution is -1.99. The molecule has 0 aliphatic carbocycles. The van der Waals surface area contributed by atoms with Crippen LogP contribution in [0.3, 0.4) is 0 Å². The van der Waals surface area contributed by atoms with Gasteiger partial charge in [0, 0.05) is 11.7 Å². The molecule has 0 rings (SSSR count). The first-order chi connectivity index (χ1) is 4.16. The summed E-state index contributed by atoms with van der Waals surface area (Å²) in [5.74, 6) is 0. The van der Waals surface area contributed by atoms with Gasteiger partial charge in [-0.25, -0.2) is 0 Å². The lowest BCUT2D eigenvalue weighted by atomic mass is 10.4. The van der Waals surface area contributed by atoms with Gasteiger partial charge in [0.25, 0.3) is 0 Å². The summed E-state index contributed by atoms with van der Waals surface area (Å²) < 4.78 is 0. The monoisotopic (exact) mass is 143 g/mol. The average molecular weight is 143 g/mol. The van der Waals surface area contributed by atoms with E-state index >= 15 is 0 Å². The van der Waals surface area contributed by atoms with Crippen LogP contribution in [-0.4, -0.2) is 10.5 Å². The van der Waals surface area contributed by atoms with E-state index in [0.29, 0.717) is 16.9 Å². The molecule has 0 aliphatic heterocycles. The Morgan fingerprint density at radius 2 is 2.00 bits per heavy atom. The van der Waals surface area contributed by atoms with Crippen LogP contribution in [0.4, 0.5) is 0 Å². The zero-order chi connectivity index (χ0) is 7.28. The van der Waals surface area contributed by atoms with E-state index in [1.165, 1.54) is 0 Å². The molecular formula is C7H13NS. The van der Waals surface area contributed by atoms with Gasteiger partial charge in [-0.05, 0) is 5.25 Å². The van der Waals surface area contributed by atoms with E-state index in [1.54, 1.807) is 0 Å². The van der Waals surface area contributed by atoms with Gasteiger partial charge >= 0.3 is 0 Å². The molecule has 0 amide bonds. The molecule has 52 valence electrons. The van der Waals surface area contributed by atoms with Crippen molar-refractivity contribution in [2.45, 2.75) is 37.7 Å². The molecule has 0 aromatic rings. The number of thioether (sulfide) groups is 1. The summed E-state index contributed by atoms with van der Waals surface area (Å²) in [5.41, 5.74) is 0.